The van der Waals surface area contributed by atoms with Crippen LogP contribution >= 0.6 is 0 Å². The van der Waals surface area contributed by atoms with E-state index in [1.54, 1.807) is 0 Å². The molecule has 0 aromatic rings. The zero-order valence-corrected chi connectivity index (χ0v) is 23.5. The van der Waals surface area contributed by atoms with Gasteiger partial charge in [-0.15, -0.1) is 0 Å². The van der Waals surface area contributed by atoms with E-state index in [2.05, 4.69) is 25.7 Å². The molecule has 4 rings (SSSR count). The zero-order valence-electron chi connectivity index (χ0n) is 23.5. The summed E-state index contributed by atoms with van der Waals surface area (Å²) in [5, 5.41) is 10.3. The smallest absolute Gasteiger partial charge is 0.364 e. The molecule has 0 spiro atoms. The van der Waals surface area contributed by atoms with Gasteiger partial charge in [0.15, 0.2) is 12.6 Å². The fourth-order valence-corrected chi connectivity index (χ4v) is 6.36. The summed E-state index contributed by atoms with van der Waals surface area (Å²) in [7, 11) is 0. The summed E-state index contributed by atoms with van der Waals surface area (Å²) in [5.74, 6) is -1.69. The van der Waals surface area contributed by atoms with Crippen LogP contribution in [0.25, 0.3) is 0 Å². The predicted molar refractivity (Wildman–Crippen MR) is 145 cm³/mol. The van der Waals surface area contributed by atoms with E-state index >= 15 is 0 Å². The number of epoxide rings is 1. The summed E-state index contributed by atoms with van der Waals surface area (Å²) in [5.41, 5.74) is 1.37. The van der Waals surface area contributed by atoms with Crippen molar-refractivity contribution >= 4 is 5.97 Å². The first-order valence-electron chi connectivity index (χ1n) is 15.3. The predicted octanol–water partition coefficient (Wildman–Crippen LogP) is 6.90. The summed E-state index contributed by atoms with van der Waals surface area (Å²) in [6.07, 6.45) is 19.0. The molecule has 4 aliphatic rings. The van der Waals surface area contributed by atoms with Crippen molar-refractivity contribution in [2.75, 3.05) is 13.2 Å². The van der Waals surface area contributed by atoms with E-state index in [1.165, 1.54) is 37.7 Å². The van der Waals surface area contributed by atoms with Crippen LogP contribution in [-0.4, -0.2) is 54.9 Å². The molecule has 4 fully saturated rings. The van der Waals surface area contributed by atoms with Crippen molar-refractivity contribution in [3.63, 3.8) is 0 Å². The summed E-state index contributed by atoms with van der Waals surface area (Å²) < 4.78 is 29.8. The van der Waals surface area contributed by atoms with Crippen LogP contribution in [0.1, 0.15) is 110 Å². The first kappa shape index (κ1) is 29.7. The lowest BCUT2D eigenvalue weighted by atomic mass is 9.85. The average Bonchev–Trinajstić information content (AvgIpc) is 3.59. The first-order chi connectivity index (χ1) is 18.5. The molecule has 38 heavy (non-hydrogen) atoms. The molecule has 1 saturated carbocycles. The van der Waals surface area contributed by atoms with Crippen LogP contribution in [0.15, 0.2) is 24.3 Å². The quantitative estimate of drug-likeness (QED) is 0.0997. The molecule has 0 aromatic heterocycles. The van der Waals surface area contributed by atoms with Gasteiger partial charge in [-0.05, 0) is 102 Å². The van der Waals surface area contributed by atoms with E-state index in [0.29, 0.717) is 44.3 Å². The number of carbonyl (C=O) groups is 1. The Bertz CT molecular complexity index is 748. The minimum absolute atomic E-state index is 0.0358. The molecule has 3 heterocycles. The van der Waals surface area contributed by atoms with Crippen molar-refractivity contribution in [3.05, 3.63) is 24.3 Å². The van der Waals surface area contributed by atoms with Crippen LogP contribution in [-0.2, 0) is 28.5 Å². The van der Waals surface area contributed by atoms with Gasteiger partial charge in [-0.25, -0.2) is 4.79 Å². The highest BCUT2D eigenvalue weighted by Crippen LogP contribution is 2.46. The molecule has 3 unspecified atom stereocenters. The molecule has 0 aromatic carbocycles. The standard InChI is InChI=1S/C31H50O7/c1-3-4-5-6-7-8-13-24-17-16-23(2)25(24)22-27-26(36-27)18-19-31(30(32)33,37-28-14-9-11-20-34-28)38-29-15-10-12-21-35-29/h4-5,24-29H,2-3,6-22H2,1H3,(H,32,33)/t24-,25-,26?,27+,28?,29?,31?/m0/s1. The third-order valence-corrected chi connectivity index (χ3v) is 8.70. The van der Waals surface area contributed by atoms with Gasteiger partial charge in [-0.3, -0.25) is 0 Å². The second-order valence-electron chi connectivity index (χ2n) is 11.6. The van der Waals surface area contributed by atoms with Gasteiger partial charge in [0, 0.05) is 19.6 Å². The van der Waals surface area contributed by atoms with Crippen molar-refractivity contribution in [2.45, 2.75) is 140 Å². The Morgan fingerprint density at radius 2 is 1.71 bits per heavy atom. The minimum Gasteiger partial charge on any atom is -0.477 e. The van der Waals surface area contributed by atoms with Crippen LogP contribution in [0.4, 0.5) is 0 Å². The Hall–Kier alpha value is -1.25. The Morgan fingerprint density at radius 1 is 1.00 bits per heavy atom. The Labute approximate surface area is 229 Å². The van der Waals surface area contributed by atoms with Crippen LogP contribution in [0.3, 0.4) is 0 Å². The fourth-order valence-electron chi connectivity index (χ4n) is 6.36. The van der Waals surface area contributed by atoms with Crippen molar-refractivity contribution < 1.29 is 33.6 Å². The van der Waals surface area contributed by atoms with E-state index in [-0.39, 0.29) is 18.6 Å². The number of rotatable bonds is 16. The van der Waals surface area contributed by atoms with Gasteiger partial charge in [0.25, 0.3) is 5.79 Å². The average molecular weight is 535 g/mol. The monoisotopic (exact) mass is 534 g/mol. The van der Waals surface area contributed by atoms with Crippen LogP contribution < -0.4 is 0 Å². The second kappa shape index (κ2) is 14.9. The molecule has 1 N–H and O–H groups in total. The molecule has 0 radical (unpaired) electrons. The lowest BCUT2D eigenvalue weighted by Crippen LogP contribution is -2.51. The third kappa shape index (κ3) is 8.62. The summed E-state index contributed by atoms with van der Waals surface area (Å²) >= 11 is 0. The van der Waals surface area contributed by atoms with Crippen molar-refractivity contribution in [1.82, 2.24) is 0 Å². The molecule has 216 valence electrons. The molecule has 1 aliphatic carbocycles. The molecule has 3 aliphatic heterocycles. The van der Waals surface area contributed by atoms with Crippen molar-refractivity contribution in [3.8, 4) is 0 Å². The number of allylic oxidation sites excluding steroid dienone is 3. The first-order valence-corrected chi connectivity index (χ1v) is 15.3. The van der Waals surface area contributed by atoms with Crippen molar-refractivity contribution in [2.24, 2.45) is 11.8 Å². The number of hydrogen-bond donors (Lipinski definition) is 1. The van der Waals surface area contributed by atoms with Gasteiger partial charge in [-0.2, -0.15) is 0 Å². The van der Waals surface area contributed by atoms with Crippen LogP contribution in [0, 0.1) is 11.8 Å². The maximum atomic E-state index is 12.6. The number of unbranched alkanes of at least 4 members (excludes halogenated alkanes) is 2. The lowest BCUT2D eigenvalue weighted by Gasteiger charge is -2.37. The maximum Gasteiger partial charge on any atom is 0.364 e. The number of ether oxygens (including phenoxy) is 5. The summed E-state index contributed by atoms with van der Waals surface area (Å²) in [6.45, 7) is 7.72. The Morgan fingerprint density at radius 3 is 2.32 bits per heavy atom. The Kier molecular flexibility index (Phi) is 11.7. The molecular weight excluding hydrogens is 484 g/mol. The second-order valence-corrected chi connectivity index (χ2v) is 11.6. The molecule has 6 atom stereocenters. The molecule has 3 saturated heterocycles. The summed E-state index contributed by atoms with van der Waals surface area (Å²) in [6, 6.07) is 0. The highest BCUT2D eigenvalue weighted by Gasteiger charge is 2.50. The largest absolute Gasteiger partial charge is 0.477 e. The highest BCUT2D eigenvalue weighted by atomic mass is 16.8. The van der Waals surface area contributed by atoms with Gasteiger partial charge < -0.3 is 28.8 Å². The highest BCUT2D eigenvalue weighted by molar-refractivity contribution is 5.75. The minimum atomic E-state index is -1.79. The van der Waals surface area contributed by atoms with Gasteiger partial charge in [0.05, 0.1) is 12.2 Å². The van der Waals surface area contributed by atoms with E-state index < -0.39 is 24.3 Å². The van der Waals surface area contributed by atoms with Gasteiger partial charge in [-0.1, -0.05) is 37.6 Å². The van der Waals surface area contributed by atoms with Gasteiger partial charge in [0.2, 0.25) is 0 Å². The lowest BCUT2D eigenvalue weighted by molar-refractivity contribution is -0.352. The number of hydrogen-bond acceptors (Lipinski definition) is 6. The maximum absolute atomic E-state index is 12.6. The Balaban J connectivity index is 1.29. The SMILES string of the molecule is C=C1CC[C@H](CCCCC=CCC)[C@H]1C[C@H]1OC1CCC(OC1CCCCO1)(OC1CCCCO1)C(=O)O. The molecule has 7 heteroatoms. The molecule has 0 bridgehead atoms. The van der Waals surface area contributed by atoms with Gasteiger partial charge >= 0.3 is 5.97 Å². The number of carboxylic acid groups (broad SMARTS) is 1. The van der Waals surface area contributed by atoms with E-state index in [9.17, 15) is 9.90 Å². The van der Waals surface area contributed by atoms with Crippen LogP contribution in [0.5, 0.6) is 0 Å². The number of aliphatic carboxylic acids is 1. The topological polar surface area (TPSA) is 86.8 Å². The molecule has 0 amide bonds. The molecular formula is C31H50O7. The van der Waals surface area contributed by atoms with E-state index in [1.807, 2.05) is 0 Å². The van der Waals surface area contributed by atoms with Gasteiger partial charge in [0.1, 0.15) is 0 Å². The fraction of sp³-hybridized carbons (Fsp3) is 0.839. The van der Waals surface area contributed by atoms with Crippen molar-refractivity contribution in [1.29, 1.82) is 0 Å². The normalized spacial score (nSPS) is 33.4. The van der Waals surface area contributed by atoms with E-state index in [0.717, 1.165) is 44.9 Å². The third-order valence-electron chi connectivity index (χ3n) is 8.70. The van der Waals surface area contributed by atoms with E-state index in [4.69, 9.17) is 23.7 Å². The molecule has 7 nitrogen and oxygen atoms in total. The number of carboxylic acids is 1. The van der Waals surface area contributed by atoms with Crippen LogP contribution in [0.2, 0.25) is 0 Å². The zero-order chi connectivity index (χ0) is 26.8. The summed E-state index contributed by atoms with van der Waals surface area (Å²) in [4.78, 5) is 12.6.